The van der Waals surface area contributed by atoms with Gasteiger partial charge in [0, 0.05) is 18.5 Å². The molecule has 184 valence electrons. The smallest absolute Gasteiger partial charge is 0.295 e. The number of ether oxygens (including phenoxy) is 3. The van der Waals surface area contributed by atoms with Crippen molar-refractivity contribution in [1.82, 2.24) is 4.90 Å². The van der Waals surface area contributed by atoms with Gasteiger partial charge >= 0.3 is 0 Å². The molecule has 0 aromatic heterocycles. The number of carbonyl (C=O) groups excluding carboxylic acids is 2. The maximum Gasteiger partial charge on any atom is 0.295 e. The van der Waals surface area contributed by atoms with Crippen LogP contribution in [0, 0.1) is 0 Å². The Morgan fingerprint density at radius 2 is 1.86 bits per heavy atom. The van der Waals surface area contributed by atoms with Crippen LogP contribution in [0.15, 0.2) is 72.3 Å². The topological polar surface area (TPSA) is 85.3 Å². The fraction of sp³-hybridized carbons (Fsp3) is 0.241. The van der Waals surface area contributed by atoms with Crippen LogP contribution in [0.25, 0.3) is 5.76 Å². The summed E-state index contributed by atoms with van der Waals surface area (Å²) in [7, 11) is 1.57. The van der Waals surface area contributed by atoms with Crippen LogP contribution in [0.3, 0.4) is 0 Å². The number of rotatable bonds is 7. The van der Waals surface area contributed by atoms with Crippen LogP contribution in [-0.4, -0.2) is 42.0 Å². The molecule has 3 aromatic rings. The van der Waals surface area contributed by atoms with Gasteiger partial charge in [-0.3, -0.25) is 9.59 Å². The quantitative estimate of drug-likeness (QED) is 0.298. The second-order valence-corrected chi connectivity index (χ2v) is 8.70. The standard InChI is InChI=1S/C29H27NO6/c1-3-35-23-6-4-5-18(15-23)17-30-26(19-7-10-22(34-2)11-8-19)25(28(32)29(30)33)27(31)21-9-12-24-20(16-21)13-14-36-24/h4-12,15-16,26,31H,3,13-14,17H2,1-2H3/b27-25-. The number of hydrogen-bond donors (Lipinski definition) is 1. The Balaban J connectivity index is 1.60. The largest absolute Gasteiger partial charge is 0.507 e. The molecule has 2 heterocycles. The van der Waals surface area contributed by atoms with Gasteiger partial charge in [-0.1, -0.05) is 24.3 Å². The van der Waals surface area contributed by atoms with Gasteiger partial charge in [0.1, 0.15) is 23.0 Å². The molecule has 3 aromatic carbocycles. The van der Waals surface area contributed by atoms with Crippen molar-refractivity contribution in [2.45, 2.75) is 25.9 Å². The number of amides is 1. The fourth-order valence-electron chi connectivity index (χ4n) is 4.76. The molecule has 0 saturated carbocycles. The van der Waals surface area contributed by atoms with Crippen molar-refractivity contribution in [3.05, 3.63) is 94.6 Å². The summed E-state index contributed by atoms with van der Waals surface area (Å²) < 4.78 is 16.5. The summed E-state index contributed by atoms with van der Waals surface area (Å²) in [6, 6.07) is 19.2. The number of likely N-dealkylation sites (tertiary alicyclic amines) is 1. The van der Waals surface area contributed by atoms with Crippen LogP contribution in [0.5, 0.6) is 17.2 Å². The van der Waals surface area contributed by atoms with Crippen molar-refractivity contribution >= 4 is 17.4 Å². The van der Waals surface area contributed by atoms with Gasteiger partial charge in [0.05, 0.1) is 31.9 Å². The molecular weight excluding hydrogens is 458 g/mol. The number of nitrogens with zero attached hydrogens (tertiary/aromatic N) is 1. The maximum atomic E-state index is 13.3. The van der Waals surface area contributed by atoms with E-state index in [1.54, 1.807) is 31.4 Å². The van der Waals surface area contributed by atoms with Crippen molar-refractivity contribution in [2.24, 2.45) is 0 Å². The lowest BCUT2D eigenvalue weighted by Gasteiger charge is -2.26. The second kappa shape index (κ2) is 9.77. The lowest BCUT2D eigenvalue weighted by atomic mass is 9.94. The number of aliphatic hydroxyl groups is 1. The Hall–Kier alpha value is -4.26. The summed E-state index contributed by atoms with van der Waals surface area (Å²) in [5, 5.41) is 11.4. The number of carbonyl (C=O) groups is 2. The first-order chi connectivity index (χ1) is 17.5. The Bertz CT molecular complexity index is 1340. The molecule has 0 radical (unpaired) electrons. The van der Waals surface area contributed by atoms with Crippen molar-refractivity contribution in [3.63, 3.8) is 0 Å². The molecule has 2 aliphatic rings. The Labute approximate surface area is 209 Å². The highest BCUT2D eigenvalue weighted by Crippen LogP contribution is 2.41. The van der Waals surface area contributed by atoms with Crippen LogP contribution in [0.4, 0.5) is 0 Å². The molecule has 1 N–H and O–H groups in total. The van der Waals surface area contributed by atoms with E-state index in [0.717, 1.165) is 23.3 Å². The Kier molecular flexibility index (Phi) is 6.38. The number of aliphatic hydroxyl groups excluding tert-OH is 1. The van der Waals surface area contributed by atoms with Crippen LogP contribution in [0.2, 0.25) is 0 Å². The van der Waals surface area contributed by atoms with Gasteiger partial charge in [0.25, 0.3) is 11.7 Å². The maximum absolute atomic E-state index is 13.3. The molecule has 0 spiro atoms. The summed E-state index contributed by atoms with van der Waals surface area (Å²) in [5.41, 5.74) is 3.01. The summed E-state index contributed by atoms with van der Waals surface area (Å²) in [4.78, 5) is 28.2. The van der Waals surface area contributed by atoms with Crippen molar-refractivity contribution in [3.8, 4) is 17.2 Å². The molecule has 1 saturated heterocycles. The molecule has 1 atom stereocenters. The third-order valence-electron chi connectivity index (χ3n) is 6.50. The SMILES string of the molecule is CCOc1cccc(CN2C(=O)C(=O)/C(=C(\O)c3ccc4c(c3)CCO4)C2c2ccc(OC)cc2)c1. The predicted octanol–water partition coefficient (Wildman–Crippen LogP) is 4.65. The third kappa shape index (κ3) is 4.28. The summed E-state index contributed by atoms with van der Waals surface area (Å²) in [5.74, 6) is 0.531. The monoisotopic (exact) mass is 485 g/mol. The first-order valence-electron chi connectivity index (χ1n) is 11.9. The van der Waals surface area contributed by atoms with Crippen LogP contribution in [0.1, 0.15) is 35.2 Å². The zero-order valence-corrected chi connectivity index (χ0v) is 20.2. The highest BCUT2D eigenvalue weighted by atomic mass is 16.5. The Morgan fingerprint density at radius 1 is 1.06 bits per heavy atom. The molecule has 1 fully saturated rings. The average Bonchev–Trinajstić information content (AvgIpc) is 3.47. The van der Waals surface area contributed by atoms with E-state index in [9.17, 15) is 14.7 Å². The third-order valence-corrected chi connectivity index (χ3v) is 6.50. The zero-order chi connectivity index (χ0) is 25.2. The lowest BCUT2D eigenvalue weighted by Crippen LogP contribution is -2.29. The highest BCUT2D eigenvalue weighted by Gasteiger charge is 2.46. The molecule has 1 unspecified atom stereocenters. The first-order valence-corrected chi connectivity index (χ1v) is 11.9. The van der Waals surface area contributed by atoms with E-state index in [2.05, 4.69) is 0 Å². The lowest BCUT2D eigenvalue weighted by molar-refractivity contribution is -0.140. The zero-order valence-electron chi connectivity index (χ0n) is 20.2. The van der Waals surface area contributed by atoms with Gasteiger partial charge in [-0.05, 0) is 66.1 Å². The average molecular weight is 486 g/mol. The minimum Gasteiger partial charge on any atom is -0.507 e. The van der Waals surface area contributed by atoms with Crippen LogP contribution >= 0.6 is 0 Å². The van der Waals surface area contributed by atoms with E-state index in [4.69, 9.17) is 14.2 Å². The number of hydrogen-bond acceptors (Lipinski definition) is 6. The number of methoxy groups -OCH3 is 1. The van der Waals surface area contributed by atoms with E-state index in [-0.39, 0.29) is 17.9 Å². The molecule has 36 heavy (non-hydrogen) atoms. The van der Waals surface area contributed by atoms with Gasteiger partial charge in [-0.25, -0.2) is 0 Å². The van der Waals surface area contributed by atoms with Gasteiger partial charge in [0.2, 0.25) is 0 Å². The van der Waals surface area contributed by atoms with Gasteiger partial charge in [0.15, 0.2) is 0 Å². The van der Waals surface area contributed by atoms with E-state index in [1.807, 2.05) is 49.4 Å². The van der Waals surface area contributed by atoms with Crippen LogP contribution < -0.4 is 14.2 Å². The molecule has 0 bridgehead atoms. The van der Waals surface area contributed by atoms with E-state index >= 15 is 0 Å². The molecule has 1 amide bonds. The summed E-state index contributed by atoms with van der Waals surface area (Å²) in [6.45, 7) is 3.18. The van der Waals surface area contributed by atoms with Crippen molar-refractivity contribution in [1.29, 1.82) is 0 Å². The number of benzene rings is 3. The predicted molar refractivity (Wildman–Crippen MR) is 134 cm³/mol. The number of fused-ring (bicyclic) bond motifs is 1. The summed E-state index contributed by atoms with van der Waals surface area (Å²) in [6.07, 6.45) is 0.725. The molecule has 7 heteroatoms. The second-order valence-electron chi connectivity index (χ2n) is 8.70. The van der Waals surface area contributed by atoms with Gasteiger partial charge in [-0.2, -0.15) is 0 Å². The van der Waals surface area contributed by atoms with E-state index in [0.29, 0.717) is 35.8 Å². The number of Topliss-reactive ketones (excluding diaryl/α,β-unsaturated/α-hetero) is 1. The molecule has 2 aliphatic heterocycles. The van der Waals surface area contributed by atoms with Crippen molar-refractivity contribution in [2.75, 3.05) is 20.3 Å². The molecular formula is C29H27NO6. The molecule has 5 rings (SSSR count). The number of ketones is 1. The molecule has 0 aliphatic carbocycles. The van der Waals surface area contributed by atoms with Crippen LogP contribution in [-0.2, 0) is 22.6 Å². The van der Waals surface area contributed by atoms with E-state index in [1.165, 1.54) is 4.90 Å². The van der Waals surface area contributed by atoms with Crippen molar-refractivity contribution < 1.29 is 28.9 Å². The Morgan fingerprint density at radius 3 is 2.61 bits per heavy atom. The minimum absolute atomic E-state index is 0.0602. The first kappa shape index (κ1) is 23.5. The normalized spacial score (nSPS) is 18.2. The molecule has 7 nitrogen and oxygen atoms in total. The van der Waals surface area contributed by atoms with Gasteiger partial charge in [-0.15, -0.1) is 0 Å². The highest BCUT2D eigenvalue weighted by molar-refractivity contribution is 6.46. The minimum atomic E-state index is -0.767. The summed E-state index contributed by atoms with van der Waals surface area (Å²) >= 11 is 0. The fourth-order valence-corrected chi connectivity index (χ4v) is 4.76. The van der Waals surface area contributed by atoms with E-state index < -0.39 is 17.7 Å². The van der Waals surface area contributed by atoms with Gasteiger partial charge < -0.3 is 24.2 Å².